The molecule has 2 amide bonds. The fraction of sp³-hybridized carbons (Fsp3) is 0.714. The van der Waals surface area contributed by atoms with Crippen LogP contribution in [-0.4, -0.2) is 59.8 Å². The fourth-order valence-corrected chi connectivity index (χ4v) is 0.696. The third-order valence-electron chi connectivity index (χ3n) is 1.49. The zero-order valence-corrected chi connectivity index (χ0v) is 7.98. The van der Waals surface area contributed by atoms with E-state index in [-0.39, 0.29) is 0 Å². The monoisotopic (exact) mass is 226 g/mol. The van der Waals surface area contributed by atoms with Crippen LogP contribution in [0.4, 0.5) is 13.6 Å². The molecule has 0 aromatic carbocycles. The predicted molar refractivity (Wildman–Crippen MR) is 45.7 cm³/mol. The first-order chi connectivity index (χ1) is 6.84. The van der Waals surface area contributed by atoms with Gasteiger partial charge in [0.1, 0.15) is 0 Å². The number of aliphatic hydroxyl groups excluding tert-OH is 1. The zero-order chi connectivity index (χ0) is 12.0. The first-order valence-electron chi connectivity index (χ1n) is 4.02. The molecule has 0 radical (unpaired) electrons. The summed E-state index contributed by atoms with van der Waals surface area (Å²) in [5.74, 6) is -1.49. The van der Waals surface area contributed by atoms with Crippen LogP contribution in [-0.2, 0) is 4.79 Å². The molecule has 0 fully saturated rings. The molecule has 0 bridgehead atoms. The molecule has 0 saturated heterocycles. The molecule has 0 spiro atoms. The molecule has 88 valence electrons. The van der Waals surface area contributed by atoms with E-state index >= 15 is 0 Å². The summed E-state index contributed by atoms with van der Waals surface area (Å²) < 4.78 is 23.6. The maximum atomic E-state index is 11.8. The van der Waals surface area contributed by atoms with E-state index in [0.29, 0.717) is 4.90 Å². The number of amides is 2. The smallest absolute Gasteiger partial charge is 0.334 e. The number of carbonyl (C=O) groups excluding carboxylic acids is 1. The Hall–Kier alpha value is -1.44. The van der Waals surface area contributed by atoms with Gasteiger partial charge in [0, 0.05) is 7.05 Å². The van der Waals surface area contributed by atoms with Crippen molar-refractivity contribution in [1.29, 1.82) is 0 Å². The van der Waals surface area contributed by atoms with Gasteiger partial charge < -0.3 is 20.4 Å². The number of rotatable bonds is 5. The number of urea groups is 1. The SMILES string of the molecule is CN(CC(F)F)C(=O)NCC(O)C(=O)O. The number of aliphatic carboxylic acids is 1. The van der Waals surface area contributed by atoms with Crippen molar-refractivity contribution in [2.45, 2.75) is 12.5 Å². The highest BCUT2D eigenvalue weighted by molar-refractivity contribution is 5.76. The van der Waals surface area contributed by atoms with Crippen LogP contribution in [0.3, 0.4) is 0 Å². The highest BCUT2D eigenvalue weighted by Gasteiger charge is 2.17. The standard InChI is InChI=1S/C7H12F2N2O4/c1-11(3-5(8)9)7(15)10-2-4(12)6(13)14/h4-5,12H,2-3H2,1H3,(H,10,15)(H,13,14). The summed E-state index contributed by atoms with van der Waals surface area (Å²) in [6.07, 6.45) is -4.40. The minimum Gasteiger partial charge on any atom is -0.479 e. The number of nitrogens with one attached hydrogen (secondary N) is 1. The summed E-state index contributed by atoms with van der Waals surface area (Å²) in [6, 6.07) is -0.865. The van der Waals surface area contributed by atoms with Crippen molar-refractivity contribution in [3.8, 4) is 0 Å². The molecular formula is C7H12F2N2O4. The Labute approximate surface area is 84.5 Å². The van der Waals surface area contributed by atoms with Crippen LogP contribution in [0.15, 0.2) is 0 Å². The largest absolute Gasteiger partial charge is 0.479 e. The summed E-state index contributed by atoms with van der Waals surface area (Å²) in [7, 11) is 1.13. The van der Waals surface area contributed by atoms with E-state index in [1.165, 1.54) is 0 Å². The second-order valence-electron chi connectivity index (χ2n) is 2.81. The number of carbonyl (C=O) groups is 2. The number of aliphatic hydroxyl groups is 1. The number of carboxylic acids is 1. The molecule has 0 aliphatic rings. The van der Waals surface area contributed by atoms with Gasteiger partial charge in [-0.05, 0) is 0 Å². The van der Waals surface area contributed by atoms with Gasteiger partial charge in [-0.1, -0.05) is 0 Å². The predicted octanol–water partition coefficient (Wildman–Crippen LogP) is -0.662. The van der Waals surface area contributed by atoms with Gasteiger partial charge >= 0.3 is 12.0 Å². The van der Waals surface area contributed by atoms with Gasteiger partial charge in [-0.25, -0.2) is 18.4 Å². The van der Waals surface area contributed by atoms with Gasteiger partial charge in [-0.2, -0.15) is 0 Å². The molecule has 1 unspecified atom stereocenters. The molecule has 3 N–H and O–H groups in total. The van der Waals surface area contributed by atoms with Crippen LogP contribution in [0.2, 0.25) is 0 Å². The Bertz CT molecular complexity index is 237. The quantitative estimate of drug-likeness (QED) is 0.580. The molecule has 0 saturated carbocycles. The molecule has 6 nitrogen and oxygen atoms in total. The van der Waals surface area contributed by atoms with Crippen molar-refractivity contribution in [2.24, 2.45) is 0 Å². The molecule has 0 aliphatic carbocycles. The molecule has 1 atom stereocenters. The summed E-state index contributed by atoms with van der Waals surface area (Å²) >= 11 is 0. The molecular weight excluding hydrogens is 214 g/mol. The van der Waals surface area contributed by atoms with Crippen LogP contribution in [0.1, 0.15) is 0 Å². The van der Waals surface area contributed by atoms with Gasteiger partial charge in [0.2, 0.25) is 0 Å². The van der Waals surface area contributed by atoms with Gasteiger partial charge in [0.15, 0.2) is 6.10 Å². The highest BCUT2D eigenvalue weighted by Crippen LogP contribution is 1.95. The Morgan fingerprint density at radius 1 is 1.47 bits per heavy atom. The van der Waals surface area contributed by atoms with Crippen LogP contribution in [0.25, 0.3) is 0 Å². The van der Waals surface area contributed by atoms with Crippen LogP contribution < -0.4 is 5.32 Å². The molecule has 8 heteroatoms. The number of hydrogen-bond donors (Lipinski definition) is 3. The average molecular weight is 226 g/mol. The van der Waals surface area contributed by atoms with E-state index in [4.69, 9.17) is 10.2 Å². The number of alkyl halides is 2. The average Bonchev–Trinajstić information content (AvgIpc) is 2.12. The van der Waals surface area contributed by atoms with Gasteiger partial charge in [-0.3, -0.25) is 0 Å². The molecule has 0 aromatic heterocycles. The fourth-order valence-electron chi connectivity index (χ4n) is 0.696. The van der Waals surface area contributed by atoms with Crippen molar-refractivity contribution in [3.63, 3.8) is 0 Å². The normalized spacial score (nSPS) is 12.3. The number of carboxylic acid groups (broad SMARTS) is 1. The summed E-state index contributed by atoms with van der Waals surface area (Å²) in [6.45, 7) is -1.28. The van der Waals surface area contributed by atoms with Gasteiger partial charge in [-0.15, -0.1) is 0 Å². The van der Waals surface area contributed by atoms with Crippen molar-refractivity contribution in [2.75, 3.05) is 20.1 Å². The molecule has 0 aromatic rings. The Kier molecular flexibility index (Phi) is 5.53. The molecule has 0 heterocycles. The van der Waals surface area contributed by atoms with Gasteiger partial charge in [0.05, 0.1) is 13.1 Å². The van der Waals surface area contributed by atoms with Crippen molar-refractivity contribution in [3.05, 3.63) is 0 Å². The third kappa shape index (κ3) is 5.78. The summed E-state index contributed by atoms with van der Waals surface area (Å²) in [5.41, 5.74) is 0. The van der Waals surface area contributed by atoms with E-state index in [2.05, 4.69) is 0 Å². The Morgan fingerprint density at radius 2 is 2.00 bits per heavy atom. The summed E-state index contributed by atoms with van der Waals surface area (Å²) in [5, 5.41) is 19.0. The van der Waals surface area contributed by atoms with Crippen molar-refractivity contribution < 1.29 is 28.6 Å². The minimum atomic E-state index is -2.66. The minimum absolute atomic E-state index is 0.526. The lowest BCUT2D eigenvalue weighted by atomic mass is 10.3. The van der Waals surface area contributed by atoms with Gasteiger partial charge in [0.25, 0.3) is 6.43 Å². The second kappa shape index (κ2) is 6.12. The van der Waals surface area contributed by atoms with E-state index in [1.807, 2.05) is 5.32 Å². The number of nitrogens with zero attached hydrogens (tertiary/aromatic N) is 1. The number of hydrogen-bond acceptors (Lipinski definition) is 3. The maximum Gasteiger partial charge on any atom is 0.334 e. The topological polar surface area (TPSA) is 89.9 Å². The lowest BCUT2D eigenvalue weighted by Gasteiger charge is -2.17. The van der Waals surface area contributed by atoms with Crippen LogP contribution >= 0.6 is 0 Å². The molecule has 15 heavy (non-hydrogen) atoms. The van der Waals surface area contributed by atoms with Crippen LogP contribution in [0, 0.1) is 0 Å². The van der Waals surface area contributed by atoms with E-state index in [1.54, 1.807) is 0 Å². The second-order valence-corrected chi connectivity index (χ2v) is 2.81. The highest BCUT2D eigenvalue weighted by atomic mass is 19.3. The first kappa shape index (κ1) is 13.6. The number of halogens is 2. The Balaban J connectivity index is 3.88. The lowest BCUT2D eigenvalue weighted by Crippen LogP contribution is -2.44. The van der Waals surface area contributed by atoms with E-state index in [9.17, 15) is 18.4 Å². The molecule has 0 aliphatic heterocycles. The summed E-state index contributed by atoms with van der Waals surface area (Å²) in [4.78, 5) is 21.8. The van der Waals surface area contributed by atoms with E-state index in [0.717, 1.165) is 7.05 Å². The maximum absolute atomic E-state index is 11.8. The van der Waals surface area contributed by atoms with Crippen LogP contribution in [0.5, 0.6) is 0 Å². The van der Waals surface area contributed by atoms with Crippen molar-refractivity contribution >= 4 is 12.0 Å². The molecule has 0 rings (SSSR count). The Morgan fingerprint density at radius 3 is 2.40 bits per heavy atom. The lowest BCUT2D eigenvalue weighted by molar-refractivity contribution is -0.146. The third-order valence-corrected chi connectivity index (χ3v) is 1.49. The zero-order valence-electron chi connectivity index (χ0n) is 7.98. The van der Waals surface area contributed by atoms with Crippen molar-refractivity contribution in [1.82, 2.24) is 10.2 Å². The first-order valence-corrected chi connectivity index (χ1v) is 4.02. The van der Waals surface area contributed by atoms with E-state index < -0.39 is 37.6 Å².